The molecule has 0 aliphatic heterocycles. The fraction of sp³-hybridized carbons (Fsp3) is 0.200. The van der Waals surface area contributed by atoms with E-state index in [1.807, 2.05) is 68.7 Å². The molecular formula is C40H40N4O2. The average molecular weight is 609 g/mol. The molecule has 0 spiro atoms. The highest BCUT2D eigenvalue weighted by molar-refractivity contribution is 5.92. The molecular weight excluding hydrogens is 568 g/mol. The summed E-state index contributed by atoms with van der Waals surface area (Å²) in [6.07, 6.45) is 8.92. The Morgan fingerprint density at radius 3 is 2.00 bits per heavy atom. The number of hydrogen-bond donors (Lipinski definition) is 2. The Morgan fingerprint density at radius 1 is 0.848 bits per heavy atom. The van der Waals surface area contributed by atoms with Gasteiger partial charge in [0.05, 0.1) is 24.0 Å². The molecule has 4 aromatic carbocycles. The molecule has 46 heavy (non-hydrogen) atoms. The smallest absolute Gasteiger partial charge is 0.224 e. The second-order valence-electron chi connectivity index (χ2n) is 12.1. The Hall–Kier alpha value is -5.20. The summed E-state index contributed by atoms with van der Waals surface area (Å²) in [4.78, 5) is 21.6. The van der Waals surface area contributed by atoms with E-state index in [0.29, 0.717) is 13.0 Å². The molecule has 0 saturated heterocycles. The third-order valence-corrected chi connectivity index (χ3v) is 8.66. The van der Waals surface area contributed by atoms with Crippen LogP contribution in [-0.2, 0) is 27.9 Å². The first-order chi connectivity index (χ1) is 22.4. The molecule has 232 valence electrons. The van der Waals surface area contributed by atoms with E-state index < -0.39 is 11.1 Å². The molecule has 2 N–H and O–H groups in total. The summed E-state index contributed by atoms with van der Waals surface area (Å²) >= 11 is 0. The van der Waals surface area contributed by atoms with Crippen LogP contribution in [0.3, 0.4) is 0 Å². The fourth-order valence-electron chi connectivity index (χ4n) is 6.12. The number of aromatic amines is 1. The maximum Gasteiger partial charge on any atom is 0.224 e. The molecule has 6 nitrogen and oxygen atoms in total. The van der Waals surface area contributed by atoms with Gasteiger partial charge >= 0.3 is 0 Å². The summed E-state index contributed by atoms with van der Waals surface area (Å²) < 4.78 is 7.76. The SMILES string of the molecule is COC(C)(C)/C=C/c1[nH]c2ccccc2c1CC(=O)NCCc1cn(C(c2ccccc2)(c2ccccc2)c2ccccc2)cn1. The number of amides is 1. The Labute approximate surface area is 270 Å². The van der Waals surface area contributed by atoms with Gasteiger partial charge in [-0.25, -0.2) is 4.98 Å². The number of nitrogens with one attached hydrogen (secondary N) is 2. The van der Waals surface area contributed by atoms with Crippen LogP contribution in [-0.4, -0.2) is 39.7 Å². The van der Waals surface area contributed by atoms with Gasteiger partial charge in [-0.1, -0.05) is 115 Å². The number of fused-ring (bicyclic) bond motifs is 1. The highest BCUT2D eigenvalue weighted by Crippen LogP contribution is 2.40. The van der Waals surface area contributed by atoms with E-state index >= 15 is 0 Å². The zero-order valence-electron chi connectivity index (χ0n) is 26.6. The topological polar surface area (TPSA) is 71.9 Å². The van der Waals surface area contributed by atoms with Gasteiger partial charge in [0.25, 0.3) is 0 Å². The fourth-order valence-corrected chi connectivity index (χ4v) is 6.12. The zero-order chi connectivity index (χ0) is 32.0. The van der Waals surface area contributed by atoms with E-state index in [2.05, 4.69) is 99.9 Å². The summed E-state index contributed by atoms with van der Waals surface area (Å²) in [6.45, 7) is 4.49. The molecule has 0 radical (unpaired) electrons. The average Bonchev–Trinajstić information content (AvgIpc) is 3.71. The van der Waals surface area contributed by atoms with Gasteiger partial charge in [-0.05, 0) is 48.2 Å². The van der Waals surface area contributed by atoms with Crippen LogP contribution >= 0.6 is 0 Å². The summed E-state index contributed by atoms with van der Waals surface area (Å²) in [5.74, 6) is -0.0305. The van der Waals surface area contributed by atoms with Crippen molar-refractivity contribution in [3.63, 3.8) is 0 Å². The Bertz CT molecular complexity index is 1830. The quantitative estimate of drug-likeness (QED) is 0.141. The molecule has 1 amide bonds. The molecule has 6 heteroatoms. The number of methoxy groups -OCH3 is 1. The molecule has 0 fully saturated rings. The van der Waals surface area contributed by atoms with Crippen molar-refractivity contribution in [3.8, 4) is 0 Å². The van der Waals surface area contributed by atoms with E-state index in [0.717, 1.165) is 44.5 Å². The highest BCUT2D eigenvalue weighted by atomic mass is 16.5. The normalized spacial score (nSPS) is 12.2. The van der Waals surface area contributed by atoms with E-state index in [9.17, 15) is 4.79 Å². The van der Waals surface area contributed by atoms with Crippen LogP contribution in [0.5, 0.6) is 0 Å². The highest BCUT2D eigenvalue weighted by Gasteiger charge is 2.38. The predicted octanol–water partition coefficient (Wildman–Crippen LogP) is 7.54. The van der Waals surface area contributed by atoms with Crippen molar-refractivity contribution >= 4 is 22.9 Å². The van der Waals surface area contributed by atoms with Gasteiger partial charge in [-0.15, -0.1) is 0 Å². The lowest BCUT2D eigenvalue weighted by atomic mass is 9.77. The van der Waals surface area contributed by atoms with Crippen LogP contribution in [0.2, 0.25) is 0 Å². The van der Waals surface area contributed by atoms with Gasteiger partial charge in [0.1, 0.15) is 5.54 Å². The third-order valence-electron chi connectivity index (χ3n) is 8.66. The van der Waals surface area contributed by atoms with Crippen LogP contribution in [0.15, 0.2) is 134 Å². The molecule has 2 aromatic heterocycles. The molecule has 0 unspecified atom stereocenters. The van der Waals surface area contributed by atoms with Crippen LogP contribution in [0.4, 0.5) is 0 Å². The van der Waals surface area contributed by atoms with Crippen molar-refractivity contribution in [3.05, 3.63) is 168 Å². The van der Waals surface area contributed by atoms with Crippen LogP contribution in [0.25, 0.3) is 17.0 Å². The maximum atomic E-state index is 13.3. The van der Waals surface area contributed by atoms with Crippen molar-refractivity contribution in [2.24, 2.45) is 0 Å². The van der Waals surface area contributed by atoms with Gasteiger partial charge < -0.3 is 19.6 Å². The second kappa shape index (κ2) is 13.4. The summed E-state index contributed by atoms with van der Waals surface area (Å²) in [5.41, 5.74) is 6.19. The van der Waals surface area contributed by atoms with Crippen molar-refractivity contribution in [2.75, 3.05) is 13.7 Å². The number of carbonyl (C=O) groups is 1. The Morgan fingerprint density at radius 2 is 1.41 bits per heavy atom. The van der Waals surface area contributed by atoms with E-state index in [1.165, 1.54) is 0 Å². The van der Waals surface area contributed by atoms with Gasteiger partial charge in [0.2, 0.25) is 5.91 Å². The molecule has 6 rings (SSSR count). The van der Waals surface area contributed by atoms with Gasteiger partial charge in [-0.2, -0.15) is 0 Å². The largest absolute Gasteiger partial charge is 0.375 e. The number of ether oxygens (including phenoxy) is 1. The number of carbonyl (C=O) groups excluding carboxylic acids is 1. The summed E-state index contributed by atoms with van der Waals surface area (Å²) in [6, 6.07) is 39.7. The van der Waals surface area contributed by atoms with E-state index in [1.54, 1.807) is 7.11 Å². The molecule has 0 bridgehead atoms. The van der Waals surface area contributed by atoms with Crippen molar-refractivity contribution < 1.29 is 9.53 Å². The van der Waals surface area contributed by atoms with Gasteiger partial charge in [0.15, 0.2) is 0 Å². The molecule has 0 aliphatic rings. The lowest BCUT2D eigenvalue weighted by molar-refractivity contribution is -0.120. The van der Waals surface area contributed by atoms with Gasteiger partial charge in [-0.3, -0.25) is 4.79 Å². The molecule has 0 aliphatic carbocycles. The van der Waals surface area contributed by atoms with Crippen molar-refractivity contribution in [1.82, 2.24) is 19.9 Å². The Balaban J connectivity index is 1.23. The van der Waals surface area contributed by atoms with Crippen molar-refractivity contribution in [1.29, 1.82) is 0 Å². The maximum absolute atomic E-state index is 13.3. The summed E-state index contributed by atoms with van der Waals surface area (Å²) in [7, 11) is 1.69. The number of rotatable bonds is 12. The molecule has 0 saturated carbocycles. The second-order valence-corrected chi connectivity index (χ2v) is 12.1. The Kier molecular flexibility index (Phi) is 8.99. The van der Waals surface area contributed by atoms with Crippen LogP contribution in [0.1, 0.15) is 47.5 Å². The molecule has 6 aromatic rings. The minimum Gasteiger partial charge on any atom is -0.375 e. The number of H-pyrrole nitrogens is 1. The number of imidazole rings is 1. The lowest BCUT2D eigenvalue weighted by Gasteiger charge is -2.37. The minimum absolute atomic E-state index is 0.0305. The van der Waals surface area contributed by atoms with E-state index in [4.69, 9.17) is 9.72 Å². The standard InChI is InChI=1S/C40H40N4O2/c1-39(2,46-3)25-23-37-35(34-21-13-14-22-36(34)43-37)27-38(45)41-26-24-33-28-44(29-42-33)40(30-15-7-4-8-16-30,31-17-9-5-10-18-31)32-19-11-6-12-20-32/h4-23,25,28-29,43H,24,26-27H2,1-3H3,(H,41,45)/b25-23+. The molecule has 0 atom stereocenters. The first-order valence-electron chi connectivity index (χ1n) is 15.7. The first kappa shape index (κ1) is 30.8. The predicted molar refractivity (Wildman–Crippen MR) is 186 cm³/mol. The first-order valence-corrected chi connectivity index (χ1v) is 15.7. The van der Waals surface area contributed by atoms with Crippen LogP contribution < -0.4 is 5.32 Å². The van der Waals surface area contributed by atoms with Gasteiger partial charge in [0, 0.05) is 42.9 Å². The minimum atomic E-state index is -0.616. The van der Waals surface area contributed by atoms with Crippen molar-refractivity contribution in [2.45, 2.75) is 37.8 Å². The van der Waals surface area contributed by atoms with Crippen LogP contribution in [0, 0.1) is 0 Å². The summed E-state index contributed by atoms with van der Waals surface area (Å²) in [5, 5.41) is 4.18. The lowest BCUT2D eigenvalue weighted by Crippen LogP contribution is -2.37. The zero-order valence-corrected chi connectivity index (χ0v) is 26.6. The number of benzene rings is 4. The molecule has 2 heterocycles. The number of aromatic nitrogens is 3. The monoisotopic (exact) mass is 608 g/mol. The number of hydrogen-bond acceptors (Lipinski definition) is 3. The van der Waals surface area contributed by atoms with E-state index in [-0.39, 0.29) is 12.3 Å². The number of nitrogens with zero attached hydrogens (tertiary/aromatic N) is 2. The number of para-hydroxylation sites is 1. The third kappa shape index (κ3) is 6.30.